The van der Waals surface area contributed by atoms with Crippen molar-refractivity contribution in [1.82, 2.24) is 5.32 Å². The monoisotopic (exact) mass is 248 g/mol. The fourth-order valence-electron chi connectivity index (χ4n) is 2.19. The second-order valence-corrected chi connectivity index (χ2v) is 4.79. The SMILES string of the molecule is CCCc1ccc(NC(=O)C2CC(O)CN2)cc1. The van der Waals surface area contributed by atoms with Gasteiger partial charge in [-0.25, -0.2) is 0 Å². The van der Waals surface area contributed by atoms with Crippen molar-refractivity contribution in [3.05, 3.63) is 29.8 Å². The van der Waals surface area contributed by atoms with Crippen LogP contribution in [0.1, 0.15) is 25.3 Å². The molecule has 1 aliphatic rings. The largest absolute Gasteiger partial charge is 0.392 e. The molecular formula is C14H20N2O2. The van der Waals surface area contributed by atoms with Crippen LogP contribution in [0.25, 0.3) is 0 Å². The quantitative estimate of drug-likeness (QED) is 0.752. The standard InChI is InChI=1S/C14H20N2O2/c1-2-3-10-4-6-11(7-5-10)16-14(18)13-8-12(17)9-15-13/h4-7,12-13,15,17H,2-3,8-9H2,1H3,(H,16,18). The number of benzene rings is 1. The zero-order valence-electron chi connectivity index (χ0n) is 10.6. The van der Waals surface area contributed by atoms with Crippen molar-refractivity contribution in [3.8, 4) is 0 Å². The van der Waals surface area contributed by atoms with Gasteiger partial charge < -0.3 is 15.7 Å². The number of β-amino-alcohol motifs (C(OH)–C–C–N with tert-alkyl or cyclic N) is 1. The van der Waals surface area contributed by atoms with Crippen LogP contribution in [0, 0.1) is 0 Å². The molecule has 0 aromatic heterocycles. The Hall–Kier alpha value is -1.39. The molecule has 18 heavy (non-hydrogen) atoms. The lowest BCUT2D eigenvalue weighted by atomic mass is 10.1. The molecule has 1 aromatic carbocycles. The van der Waals surface area contributed by atoms with Gasteiger partial charge in [0.05, 0.1) is 12.1 Å². The summed E-state index contributed by atoms with van der Waals surface area (Å²) >= 11 is 0. The molecule has 1 fully saturated rings. The van der Waals surface area contributed by atoms with E-state index in [9.17, 15) is 9.90 Å². The molecule has 1 aliphatic heterocycles. The van der Waals surface area contributed by atoms with Gasteiger partial charge in [-0.05, 0) is 30.5 Å². The van der Waals surface area contributed by atoms with Crippen molar-refractivity contribution in [3.63, 3.8) is 0 Å². The summed E-state index contributed by atoms with van der Waals surface area (Å²) in [5.41, 5.74) is 2.09. The van der Waals surface area contributed by atoms with Crippen LogP contribution >= 0.6 is 0 Å². The molecular weight excluding hydrogens is 228 g/mol. The summed E-state index contributed by atoms with van der Waals surface area (Å²) in [4.78, 5) is 11.9. The van der Waals surface area contributed by atoms with Crippen molar-refractivity contribution in [2.75, 3.05) is 11.9 Å². The minimum absolute atomic E-state index is 0.0743. The van der Waals surface area contributed by atoms with Gasteiger partial charge >= 0.3 is 0 Å². The van der Waals surface area contributed by atoms with Crippen LogP contribution in [0.2, 0.25) is 0 Å². The molecule has 2 unspecified atom stereocenters. The first-order valence-corrected chi connectivity index (χ1v) is 6.50. The Labute approximate surface area is 107 Å². The molecule has 0 aliphatic carbocycles. The van der Waals surface area contributed by atoms with E-state index in [0.717, 1.165) is 18.5 Å². The highest BCUT2D eigenvalue weighted by atomic mass is 16.3. The van der Waals surface area contributed by atoms with E-state index in [-0.39, 0.29) is 11.9 Å². The first-order valence-electron chi connectivity index (χ1n) is 6.50. The summed E-state index contributed by atoms with van der Waals surface area (Å²) in [6, 6.07) is 7.64. The van der Waals surface area contributed by atoms with Gasteiger partial charge in [0.25, 0.3) is 0 Å². The number of aliphatic hydroxyl groups is 1. The fraction of sp³-hybridized carbons (Fsp3) is 0.500. The smallest absolute Gasteiger partial charge is 0.241 e. The maximum Gasteiger partial charge on any atom is 0.241 e. The highest BCUT2D eigenvalue weighted by Gasteiger charge is 2.27. The first-order chi connectivity index (χ1) is 8.69. The molecule has 0 bridgehead atoms. The average Bonchev–Trinajstić information content (AvgIpc) is 2.79. The lowest BCUT2D eigenvalue weighted by Gasteiger charge is -2.11. The van der Waals surface area contributed by atoms with Crippen molar-refractivity contribution in [2.45, 2.75) is 38.3 Å². The van der Waals surface area contributed by atoms with Crippen LogP contribution in [-0.2, 0) is 11.2 Å². The van der Waals surface area contributed by atoms with Gasteiger partial charge in [0.15, 0.2) is 0 Å². The lowest BCUT2D eigenvalue weighted by Crippen LogP contribution is -2.35. The predicted octanol–water partition coefficient (Wildman–Crippen LogP) is 1.30. The number of carbonyl (C=O) groups is 1. The van der Waals surface area contributed by atoms with Gasteiger partial charge in [-0.15, -0.1) is 0 Å². The third-order valence-electron chi connectivity index (χ3n) is 3.18. The number of rotatable bonds is 4. The predicted molar refractivity (Wildman–Crippen MR) is 71.5 cm³/mol. The number of anilines is 1. The molecule has 0 spiro atoms. The summed E-state index contributed by atoms with van der Waals surface area (Å²) in [7, 11) is 0. The molecule has 2 atom stereocenters. The lowest BCUT2D eigenvalue weighted by molar-refractivity contribution is -0.117. The van der Waals surface area contributed by atoms with Crippen molar-refractivity contribution < 1.29 is 9.90 Å². The Kier molecular flexibility index (Phi) is 4.33. The molecule has 1 heterocycles. The van der Waals surface area contributed by atoms with Gasteiger partial charge in [0.1, 0.15) is 0 Å². The first kappa shape index (κ1) is 13.1. The molecule has 1 amide bonds. The average molecular weight is 248 g/mol. The summed E-state index contributed by atoms with van der Waals surface area (Å²) in [6.45, 7) is 2.64. The highest BCUT2D eigenvalue weighted by Crippen LogP contribution is 2.13. The number of nitrogens with one attached hydrogen (secondary N) is 2. The molecule has 0 radical (unpaired) electrons. The van der Waals surface area contributed by atoms with E-state index < -0.39 is 6.10 Å². The third-order valence-corrected chi connectivity index (χ3v) is 3.18. The van der Waals surface area contributed by atoms with E-state index in [1.807, 2.05) is 24.3 Å². The summed E-state index contributed by atoms with van der Waals surface area (Å²) in [5, 5.41) is 15.2. The number of hydrogen-bond acceptors (Lipinski definition) is 3. The van der Waals surface area contributed by atoms with Gasteiger partial charge in [0.2, 0.25) is 5.91 Å². The molecule has 1 aromatic rings. The van der Waals surface area contributed by atoms with Crippen molar-refractivity contribution >= 4 is 11.6 Å². The third kappa shape index (κ3) is 3.31. The number of hydrogen-bond donors (Lipinski definition) is 3. The minimum Gasteiger partial charge on any atom is -0.392 e. The minimum atomic E-state index is -0.410. The van der Waals surface area contributed by atoms with E-state index in [4.69, 9.17) is 0 Å². The van der Waals surface area contributed by atoms with Crippen LogP contribution < -0.4 is 10.6 Å². The maximum atomic E-state index is 11.9. The number of aliphatic hydroxyl groups excluding tert-OH is 1. The second-order valence-electron chi connectivity index (χ2n) is 4.79. The zero-order valence-corrected chi connectivity index (χ0v) is 10.6. The normalized spacial score (nSPS) is 23.0. The van der Waals surface area contributed by atoms with Crippen LogP contribution in [0.5, 0.6) is 0 Å². The van der Waals surface area contributed by atoms with Crippen LogP contribution in [-0.4, -0.2) is 29.7 Å². The topological polar surface area (TPSA) is 61.4 Å². The number of amides is 1. The second kappa shape index (κ2) is 5.98. The molecule has 3 N–H and O–H groups in total. The summed E-state index contributed by atoms with van der Waals surface area (Å²) < 4.78 is 0. The van der Waals surface area contributed by atoms with Crippen LogP contribution in [0.4, 0.5) is 5.69 Å². The van der Waals surface area contributed by atoms with Crippen LogP contribution in [0.3, 0.4) is 0 Å². The van der Waals surface area contributed by atoms with Crippen LogP contribution in [0.15, 0.2) is 24.3 Å². The fourth-order valence-corrected chi connectivity index (χ4v) is 2.19. The molecule has 4 nitrogen and oxygen atoms in total. The van der Waals surface area contributed by atoms with E-state index in [2.05, 4.69) is 17.6 Å². The van der Waals surface area contributed by atoms with E-state index >= 15 is 0 Å². The Morgan fingerprint density at radius 1 is 1.44 bits per heavy atom. The van der Waals surface area contributed by atoms with E-state index in [1.165, 1.54) is 5.56 Å². The highest BCUT2D eigenvalue weighted by molar-refractivity contribution is 5.95. The van der Waals surface area contributed by atoms with Gasteiger partial charge in [-0.2, -0.15) is 0 Å². The Morgan fingerprint density at radius 3 is 2.72 bits per heavy atom. The summed E-state index contributed by atoms with van der Waals surface area (Å²) in [6.07, 6.45) is 2.26. The number of aryl methyl sites for hydroxylation is 1. The van der Waals surface area contributed by atoms with E-state index in [1.54, 1.807) is 0 Å². The Balaban J connectivity index is 1.90. The van der Waals surface area contributed by atoms with Gasteiger partial charge in [-0.3, -0.25) is 4.79 Å². The van der Waals surface area contributed by atoms with Crippen molar-refractivity contribution in [2.24, 2.45) is 0 Å². The molecule has 4 heteroatoms. The Bertz CT molecular complexity index is 403. The summed E-state index contributed by atoms with van der Waals surface area (Å²) in [5.74, 6) is -0.0743. The van der Waals surface area contributed by atoms with Crippen molar-refractivity contribution in [1.29, 1.82) is 0 Å². The molecule has 1 saturated heterocycles. The Morgan fingerprint density at radius 2 is 2.17 bits per heavy atom. The van der Waals surface area contributed by atoms with Gasteiger partial charge in [-0.1, -0.05) is 25.5 Å². The van der Waals surface area contributed by atoms with Gasteiger partial charge in [0, 0.05) is 12.2 Å². The molecule has 0 saturated carbocycles. The number of carbonyl (C=O) groups excluding carboxylic acids is 1. The molecule has 98 valence electrons. The maximum absolute atomic E-state index is 11.9. The van der Waals surface area contributed by atoms with E-state index in [0.29, 0.717) is 13.0 Å². The zero-order chi connectivity index (χ0) is 13.0. The molecule has 2 rings (SSSR count).